The van der Waals surface area contributed by atoms with Crippen LogP contribution in [0.4, 0.5) is 5.82 Å². The third-order valence-electron chi connectivity index (χ3n) is 5.80. The molecule has 186 valence electrons. The average Bonchev–Trinajstić information content (AvgIpc) is 2.76. The van der Waals surface area contributed by atoms with E-state index < -0.39 is 0 Å². The molecule has 2 rings (SSSR count). The summed E-state index contributed by atoms with van der Waals surface area (Å²) in [5, 5.41) is 3.78. The molecular weight excluding hydrogens is 458 g/mol. The number of carbonyl (C=O) groups is 2. The van der Waals surface area contributed by atoms with Crippen LogP contribution in [0.2, 0.25) is 5.15 Å². The van der Waals surface area contributed by atoms with Gasteiger partial charge < -0.3 is 15.1 Å². The average molecular weight is 498 g/mol. The van der Waals surface area contributed by atoms with Gasteiger partial charge in [0.25, 0.3) is 0 Å². The predicted octanol–water partition coefficient (Wildman–Crippen LogP) is 4.78. The highest BCUT2D eigenvalue weighted by molar-refractivity contribution is 7.99. The monoisotopic (exact) mass is 497 g/mol. The van der Waals surface area contributed by atoms with Crippen LogP contribution >= 0.6 is 23.4 Å². The molecule has 2 amide bonds. The van der Waals surface area contributed by atoms with Gasteiger partial charge in [0, 0.05) is 44.7 Å². The van der Waals surface area contributed by atoms with Gasteiger partial charge in [-0.05, 0) is 25.7 Å². The van der Waals surface area contributed by atoms with Crippen molar-refractivity contribution in [3.8, 4) is 0 Å². The molecule has 33 heavy (non-hydrogen) atoms. The minimum Gasteiger partial charge on any atom is -0.355 e. The number of piperazine rings is 1. The molecule has 0 radical (unpaired) electrons. The van der Waals surface area contributed by atoms with Gasteiger partial charge >= 0.3 is 0 Å². The number of hydrogen-bond donors (Lipinski definition) is 1. The van der Waals surface area contributed by atoms with Crippen LogP contribution in [0.15, 0.2) is 11.2 Å². The van der Waals surface area contributed by atoms with Crippen LogP contribution in [0.1, 0.15) is 72.6 Å². The van der Waals surface area contributed by atoms with Gasteiger partial charge in [-0.1, -0.05) is 69.8 Å². The zero-order valence-corrected chi connectivity index (χ0v) is 22.2. The molecule has 0 aromatic carbocycles. The molecule has 1 saturated heterocycles. The first-order chi connectivity index (χ1) is 15.8. The fourth-order valence-electron chi connectivity index (χ4n) is 3.85. The molecule has 0 saturated carbocycles. The van der Waals surface area contributed by atoms with E-state index in [1.807, 2.05) is 4.90 Å². The molecule has 1 aromatic heterocycles. The first kappa shape index (κ1) is 27.7. The molecular formula is C24H40ClN5O2S. The van der Waals surface area contributed by atoms with Crippen molar-refractivity contribution in [3.63, 3.8) is 0 Å². The van der Waals surface area contributed by atoms with Gasteiger partial charge in [0.1, 0.15) is 11.0 Å². The van der Waals surface area contributed by atoms with E-state index in [0.717, 1.165) is 25.1 Å². The Bertz CT molecular complexity index is 764. The summed E-state index contributed by atoms with van der Waals surface area (Å²) >= 11 is 7.55. The minimum absolute atomic E-state index is 0.0266. The zero-order chi connectivity index (χ0) is 24.2. The number of aromatic nitrogens is 2. The maximum Gasteiger partial charge on any atom is 0.230 e. The number of amides is 2. The van der Waals surface area contributed by atoms with Crippen LogP contribution in [0, 0.1) is 5.92 Å². The molecule has 1 N–H and O–H groups in total. The summed E-state index contributed by atoms with van der Waals surface area (Å²) in [7, 11) is 0. The van der Waals surface area contributed by atoms with Gasteiger partial charge in [-0.3, -0.25) is 9.59 Å². The maximum atomic E-state index is 12.7. The number of nitrogens with one attached hydrogen (secondary N) is 1. The van der Waals surface area contributed by atoms with Gasteiger partial charge in [0.05, 0.1) is 5.75 Å². The lowest BCUT2D eigenvalue weighted by molar-refractivity contribution is -0.133. The Labute approximate surface area is 208 Å². The summed E-state index contributed by atoms with van der Waals surface area (Å²) in [5.41, 5.74) is 0. The number of anilines is 1. The lowest BCUT2D eigenvalue weighted by Crippen LogP contribution is -2.54. The second-order valence-electron chi connectivity index (χ2n) is 9.20. The molecule has 0 spiro atoms. The van der Waals surface area contributed by atoms with Gasteiger partial charge in [0.2, 0.25) is 11.8 Å². The number of halogens is 1. The van der Waals surface area contributed by atoms with E-state index in [9.17, 15) is 9.59 Å². The molecule has 1 aliphatic rings. The summed E-state index contributed by atoms with van der Waals surface area (Å²) in [6.07, 6.45) is 7.36. The van der Waals surface area contributed by atoms with Crippen molar-refractivity contribution in [1.82, 2.24) is 20.2 Å². The van der Waals surface area contributed by atoms with Crippen LogP contribution in [-0.2, 0) is 9.59 Å². The highest BCUT2D eigenvalue weighted by atomic mass is 35.5. The number of rotatable bonds is 13. The lowest BCUT2D eigenvalue weighted by Gasteiger charge is -2.40. The predicted molar refractivity (Wildman–Crippen MR) is 137 cm³/mol. The molecule has 1 aromatic rings. The highest BCUT2D eigenvalue weighted by Crippen LogP contribution is 2.24. The van der Waals surface area contributed by atoms with E-state index in [4.69, 9.17) is 11.6 Å². The van der Waals surface area contributed by atoms with Crippen molar-refractivity contribution in [2.75, 3.05) is 36.8 Å². The second kappa shape index (κ2) is 14.7. The Balaban J connectivity index is 1.85. The fraction of sp³-hybridized carbons (Fsp3) is 0.750. The van der Waals surface area contributed by atoms with E-state index in [-0.39, 0.29) is 23.6 Å². The van der Waals surface area contributed by atoms with Crippen LogP contribution < -0.4 is 10.2 Å². The fourth-order valence-corrected chi connectivity index (χ4v) is 4.76. The van der Waals surface area contributed by atoms with Crippen molar-refractivity contribution in [3.05, 3.63) is 11.2 Å². The van der Waals surface area contributed by atoms with Crippen molar-refractivity contribution in [2.24, 2.45) is 5.92 Å². The maximum absolute atomic E-state index is 12.7. The standard InChI is InChI=1S/C24H40ClN5O2S/c1-5-6-7-8-9-10-23(32)30-14-13-29(16-19(30)4)21-15-20(25)27-24(28-21)33-17-22(31)26-12-11-18(2)3/h15,18-19H,5-14,16-17H2,1-4H3,(H,26,31). The van der Waals surface area contributed by atoms with Gasteiger partial charge in [-0.15, -0.1) is 0 Å². The zero-order valence-electron chi connectivity index (χ0n) is 20.6. The first-order valence-corrected chi connectivity index (χ1v) is 13.6. The summed E-state index contributed by atoms with van der Waals surface area (Å²) in [5.74, 6) is 1.78. The summed E-state index contributed by atoms with van der Waals surface area (Å²) < 4.78 is 0. The largest absolute Gasteiger partial charge is 0.355 e. The normalized spacial score (nSPS) is 16.4. The summed E-state index contributed by atoms with van der Waals surface area (Å²) in [4.78, 5) is 37.8. The molecule has 1 fully saturated rings. The Hall–Kier alpha value is -1.54. The van der Waals surface area contributed by atoms with Crippen LogP contribution in [-0.4, -0.2) is 64.7 Å². The van der Waals surface area contributed by atoms with Crippen LogP contribution in [0.5, 0.6) is 0 Å². The Morgan fingerprint density at radius 2 is 1.97 bits per heavy atom. The molecule has 0 aliphatic carbocycles. The van der Waals surface area contributed by atoms with Crippen molar-refractivity contribution >= 4 is 41.0 Å². The second-order valence-corrected chi connectivity index (χ2v) is 10.5. The van der Waals surface area contributed by atoms with Crippen molar-refractivity contribution < 1.29 is 9.59 Å². The molecule has 7 nitrogen and oxygen atoms in total. The molecule has 9 heteroatoms. The quantitative estimate of drug-likeness (QED) is 0.183. The van der Waals surface area contributed by atoms with Crippen LogP contribution in [0.3, 0.4) is 0 Å². The van der Waals surface area contributed by atoms with E-state index in [2.05, 4.69) is 47.9 Å². The number of nitrogens with zero attached hydrogens (tertiary/aromatic N) is 4. The van der Waals surface area contributed by atoms with Crippen LogP contribution in [0.25, 0.3) is 0 Å². The Kier molecular flexibility index (Phi) is 12.3. The number of unbranched alkanes of at least 4 members (excludes halogenated alkanes) is 4. The van der Waals surface area contributed by atoms with Gasteiger partial charge in [-0.2, -0.15) is 0 Å². The minimum atomic E-state index is -0.0266. The summed E-state index contributed by atoms with van der Waals surface area (Å²) in [6, 6.07) is 1.87. The Morgan fingerprint density at radius 3 is 2.67 bits per heavy atom. The number of thioether (sulfide) groups is 1. The third-order valence-corrected chi connectivity index (χ3v) is 6.84. The molecule has 1 aliphatic heterocycles. The van der Waals surface area contributed by atoms with E-state index in [1.54, 1.807) is 6.07 Å². The molecule has 2 heterocycles. The highest BCUT2D eigenvalue weighted by Gasteiger charge is 2.28. The van der Waals surface area contributed by atoms with E-state index in [1.165, 1.54) is 31.0 Å². The first-order valence-electron chi connectivity index (χ1n) is 12.3. The van der Waals surface area contributed by atoms with Gasteiger partial charge in [-0.25, -0.2) is 9.97 Å². The topological polar surface area (TPSA) is 78.4 Å². The lowest BCUT2D eigenvalue weighted by atomic mass is 10.1. The van der Waals surface area contributed by atoms with Gasteiger partial charge in [0.15, 0.2) is 5.16 Å². The molecule has 0 bridgehead atoms. The van der Waals surface area contributed by atoms with E-state index >= 15 is 0 Å². The molecule has 1 atom stereocenters. The van der Waals surface area contributed by atoms with Crippen molar-refractivity contribution in [2.45, 2.75) is 83.8 Å². The van der Waals surface area contributed by atoms with E-state index in [0.29, 0.717) is 48.8 Å². The smallest absolute Gasteiger partial charge is 0.230 e. The number of hydrogen-bond acceptors (Lipinski definition) is 6. The molecule has 1 unspecified atom stereocenters. The summed E-state index contributed by atoms with van der Waals surface area (Å²) in [6.45, 7) is 11.3. The Morgan fingerprint density at radius 1 is 1.21 bits per heavy atom. The van der Waals surface area contributed by atoms with Crippen molar-refractivity contribution in [1.29, 1.82) is 0 Å². The SMILES string of the molecule is CCCCCCCC(=O)N1CCN(c2cc(Cl)nc(SCC(=O)NCCC(C)C)n2)CC1C. The third kappa shape index (κ3) is 10.1. The number of carbonyl (C=O) groups excluding carboxylic acids is 2.